The molecule has 0 atom stereocenters. The molecule has 2 aromatic carbocycles. The van der Waals surface area contributed by atoms with Crippen molar-refractivity contribution < 1.29 is 9.53 Å². The Bertz CT molecular complexity index is 927. The first-order valence-electron chi connectivity index (χ1n) is 9.20. The van der Waals surface area contributed by atoms with Crippen LogP contribution in [0.2, 0.25) is 0 Å². The van der Waals surface area contributed by atoms with E-state index in [4.69, 9.17) is 4.74 Å². The highest BCUT2D eigenvalue weighted by atomic mass is 16.5. The van der Waals surface area contributed by atoms with Crippen LogP contribution in [0.5, 0.6) is 5.75 Å². The van der Waals surface area contributed by atoms with Gasteiger partial charge in [0.1, 0.15) is 23.1 Å². The third-order valence-electron chi connectivity index (χ3n) is 4.32. The van der Waals surface area contributed by atoms with Crippen molar-refractivity contribution in [2.75, 3.05) is 23.9 Å². The number of methoxy groups -OCH3 is 1. The average Bonchev–Trinajstić information content (AvgIpc) is 2.73. The lowest BCUT2D eigenvalue weighted by molar-refractivity contribution is 0.0983. The lowest BCUT2D eigenvalue weighted by Crippen LogP contribution is -2.31. The van der Waals surface area contributed by atoms with Gasteiger partial charge in [-0.05, 0) is 43.7 Å². The second-order valence-corrected chi connectivity index (χ2v) is 6.27. The van der Waals surface area contributed by atoms with Gasteiger partial charge in [0, 0.05) is 24.8 Å². The van der Waals surface area contributed by atoms with Gasteiger partial charge in [-0.1, -0.05) is 30.3 Å². The number of aromatic nitrogens is 2. The Labute approximate surface area is 165 Å². The second kappa shape index (κ2) is 8.99. The molecule has 1 N–H and O–H groups in total. The van der Waals surface area contributed by atoms with Crippen LogP contribution in [0.4, 0.5) is 11.5 Å². The van der Waals surface area contributed by atoms with Gasteiger partial charge in [0.2, 0.25) is 0 Å². The summed E-state index contributed by atoms with van der Waals surface area (Å²) in [5.41, 5.74) is 2.30. The molecule has 1 amide bonds. The zero-order valence-electron chi connectivity index (χ0n) is 16.3. The molecule has 0 saturated carbocycles. The molecule has 0 aliphatic rings. The minimum atomic E-state index is -0.147. The molecule has 3 rings (SSSR count). The first-order chi connectivity index (χ1) is 13.6. The fourth-order valence-corrected chi connectivity index (χ4v) is 2.89. The predicted molar refractivity (Wildman–Crippen MR) is 111 cm³/mol. The molecule has 0 fully saturated rings. The Kier molecular flexibility index (Phi) is 6.22. The van der Waals surface area contributed by atoms with E-state index in [1.165, 1.54) is 0 Å². The van der Waals surface area contributed by atoms with Gasteiger partial charge in [-0.3, -0.25) is 4.79 Å². The topological polar surface area (TPSA) is 67.4 Å². The second-order valence-electron chi connectivity index (χ2n) is 6.27. The van der Waals surface area contributed by atoms with Gasteiger partial charge in [0.25, 0.3) is 5.91 Å². The number of amides is 1. The van der Waals surface area contributed by atoms with E-state index >= 15 is 0 Å². The van der Waals surface area contributed by atoms with Crippen LogP contribution in [-0.2, 0) is 6.54 Å². The van der Waals surface area contributed by atoms with E-state index in [-0.39, 0.29) is 5.91 Å². The van der Waals surface area contributed by atoms with Crippen LogP contribution in [0.25, 0.3) is 0 Å². The molecular formula is C22H24N4O2. The molecule has 3 aromatic rings. The molecule has 0 radical (unpaired) electrons. The van der Waals surface area contributed by atoms with Gasteiger partial charge in [-0.25, -0.2) is 9.97 Å². The van der Waals surface area contributed by atoms with Crippen LogP contribution >= 0.6 is 0 Å². The summed E-state index contributed by atoms with van der Waals surface area (Å²) in [4.78, 5) is 23.5. The van der Waals surface area contributed by atoms with Crippen molar-refractivity contribution >= 4 is 17.4 Å². The molecule has 0 aliphatic heterocycles. The monoisotopic (exact) mass is 376 g/mol. The van der Waals surface area contributed by atoms with Crippen molar-refractivity contribution in [3.63, 3.8) is 0 Å². The lowest BCUT2D eigenvalue weighted by Gasteiger charge is -2.21. The Balaban J connectivity index is 1.77. The summed E-state index contributed by atoms with van der Waals surface area (Å²) in [7, 11) is 1.64. The number of hydrogen-bond acceptors (Lipinski definition) is 5. The summed E-state index contributed by atoms with van der Waals surface area (Å²) in [6, 6.07) is 19.1. The number of ether oxygens (including phenoxy) is 1. The van der Waals surface area contributed by atoms with Crippen LogP contribution in [0.1, 0.15) is 28.8 Å². The van der Waals surface area contributed by atoms with E-state index < -0.39 is 0 Å². The van der Waals surface area contributed by atoms with Crippen LogP contribution in [-0.4, -0.2) is 29.5 Å². The average molecular weight is 376 g/mol. The maximum atomic E-state index is 13.0. The molecule has 0 aliphatic carbocycles. The summed E-state index contributed by atoms with van der Waals surface area (Å²) in [5.74, 6) is 1.84. The van der Waals surface area contributed by atoms with Gasteiger partial charge in [0.15, 0.2) is 0 Å². The normalized spacial score (nSPS) is 10.4. The zero-order chi connectivity index (χ0) is 19.9. The Morgan fingerprint density at radius 2 is 1.79 bits per heavy atom. The highest BCUT2D eigenvalue weighted by Crippen LogP contribution is 2.18. The van der Waals surface area contributed by atoms with Crippen LogP contribution in [0.15, 0.2) is 60.7 Å². The number of rotatable bonds is 7. The minimum absolute atomic E-state index is 0.147. The van der Waals surface area contributed by atoms with Crippen molar-refractivity contribution in [3.05, 3.63) is 77.7 Å². The Morgan fingerprint density at radius 1 is 1.07 bits per heavy atom. The van der Waals surface area contributed by atoms with Crippen molar-refractivity contribution in [2.24, 2.45) is 0 Å². The van der Waals surface area contributed by atoms with E-state index in [2.05, 4.69) is 15.3 Å². The standard InChI is InChI=1S/C22H24N4O2/c1-4-26(18-8-6-5-7-9-18)22(27)20-14-21(25-16(2)24-20)23-15-17-10-12-19(28-3)13-11-17/h5-14H,4,15H2,1-3H3,(H,23,24,25). The van der Waals surface area contributed by atoms with Crippen molar-refractivity contribution in [1.82, 2.24) is 9.97 Å². The maximum absolute atomic E-state index is 13.0. The van der Waals surface area contributed by atoms with Crippen LogP contribution in [0, 0.1) is 6.92 Å². The number of carbonyl (C=O) groups is 1. The first-order valence-corrected chi connectivity index (χ1v) is 9.20. The lowest BCUT2D eigenvalue weighted by atomic mass is 10.2. The predicted octanol–water partition coefficient (Wildman–Crippen LogP) is 4.07. The molecule has 0 spiro atoms. The number of benzene rings is 2. The number of nitrogens with one attached hydrogen (secondary N) is 1. The largest absolute Gasteiger partial charge is 0.497 e. The van der Waals surface area contributed by atoms with Gasteiger partial charge in [0.05, 0.1) is 7.11 Å². The van der Waals surface area contributed by atoms with E-state index in [1.807, 2.05) is 61.5 Å². The quantitative estimate of drug-likeness (QED) is 0.673. The van der Waals surface area contributed by atoms with Crippen molar-refractivity contribution in [1.29, 1.82) is 0 Å². The van der Waals surface area contributed by atoms with E-state index in [1.54, 1.807) is 25.0 Å². The number of anilines is 2. The van der Waals surface area contributed by atoms with Gasteiger partial charge < -0.3 is 15.0 Å². The van der Waals surface area contributed by atoms with Gasteiger partial charge >= 0.3 is 0 Å². The molecule has 6 heteroatoms. The number of carbonyl (C=O) groups excluding carboxylic acids is 1. The number of para-hydroxylation sites is 1. The molecule has 144 valence electrons. The maximum Gasteiger partial charge on any atom is 0.277 e. The third kappa shape index (κ3) is 4.65. The van der Waals surface area contributed by atoms with Crippen molar-refractivity contribution in [2.45, 2.75) is 20.4 Å². The van der Waals surface area contributed by atoms with E-state index in [9.17, 15) is 4.79 Å². The molecule has 1 aromatic heterocycles. The summed E-state index contributed by atoms with van der Waals surface area (Å²) < 4.78 is 5.18. The van der Waals surface area contributed by atoms with Crippen LogP contribution < -0.4 is 15.0 Å². The number of nitrogens with zero attached hydrogens (tertiary/aromatic N) is 3. The molecule has 0 saturated heterocycles. The summed E-state index contributed by atoms with van der Waals surface area (Å²) >= 11 is 0. The van der Waals surface area contributed by atoms with Crippen LogP contribution in [0.3, 0.4) is 0 Å². The fraction of sp³-hybridized carbons (Fsp3) is 0.227. The molecule has 0 unspecified atom stereocenters. The third-order valence-corrected chi connectivity index (χ3v) is 4.32. The van der Waals surface area contributed by atoms with Gasteiger partial charge in [-0.15, -0.1) is 0 Å². The molecular weight excluding hydrogens is 352 g/mol. The SMILES string of the molecule is CCN(C(=O)c1cc(NCc2ccc(OC)cc2)nc(C)n1)c1ccccc1. The zero-order valence-corrected chi connectivity index (χ0v) is 16.3. The molecule has 6 nitrogen and oxygen atoms in total. The Hall–Kier alpha value is -3.41. The molecule has 28 heavy (non-hydrogen) atoms. The highest BCUT2D eigenvalue weighted by Gasteiger charge is 2.18. The molecule has 0 bridgehead atoms. The molecule has 1 heterocycles. The van der Waals surface area contributed by atoms with E-state index in [0.29, 0.717) is 30.4 Å². The minimum Gasteiger partial charge on any atom is -0.497 e. The van der Waals surface area contributed by atoms with E-state index in [0.717, 1.165) is 17.0 Å². The summed E-state index contributed by atoms with van der Waals surface area (Å²) in [5, 5.41) is 3.27. The van der Waals surface area contributed by atoms with Crippen molar-refractivity contribution in [3.8, 4) is 5.75 Å². The summed E-state index contributed by atoms with van der Waals surface area (Å²) in [6.07, 6.45) is 0. The smallest absolute Gasteiger partial charge is 0.277 e. The Morgan fingerprint density at radius 3 is 2.43 bits per heavy atom. The van der Waals surface area contributed by atoms with Gasteiger partial charge in [-0.2, -0.15) is 0 Å². The number of hydrogen-bond donors (Lipinski definition) is 1. The first kappa shape index (κ1) is 19.4. The fourth-order valence-electron chi connectivity index (χ4n) is 2.89. The summed E-state index contributed by atoms with van der Waals surface area (Å²) in [6.45, 7) is 4.88. The highest BCUT2D eigenvalue weighted by molar-refractivity contribution is 6.05. The number of aryl methyl sites for hydroxylation is 1.